The molecule has 8 nitrogen and oxygen atoms in total. The molecule has 0 spiro atoms. The van der Waals surface area contributed by atoms with Crippen LogP contribution in [0.3, 0.4) is 0 Å². The standard InChI is InChI=1S/C11H9N3O.C11H11N3.H2O/c15-14-11(9-5-1-3-7-12-9)10-6-2-4-8-13-10;12-11(9-5-1-3-7-13-9)10-6-2-4-8-14-10;/h1-8,15H;1-8,11H,12H2;1H2. The lowest BCUT2D eigenvalue weighted by atomic mass is 10.1. The number of nitrogens with two attached hydrogens (primary N) is 1. The van der Waals surface area contributed by atoms with Crippen molar-refractivity contribution in [2.45, 2.75) is 6.04 Å². The molecule has 0 atom stereocenters. The van der Waals surface area contributed by atoms with Crippen molar-refractivity contribution in [3.63, 3.8) is 0 Å². The van der Waals surface area contributed by atoms with Gasteiger partial charge >= 0.3 is 0 Å². The summed E-state index contributed by atoms with van der Waals surface area (Å²) in [5.41, 5.74) is 9.23. The van der Waals surface area contributed by atoms with Crippen molar-refractivity contribution < 1.29 is 10.7 Å². The molecular formula is C22H22N6O2. The number of pyridine rings is 4. The Balaban J connectivity index is 0.000000207. The van der Waals surface area contributed by atoms with Gasteiger partial charge < -0.3 is 16.4 Å². The van der Waals surface area contributed by atoms with Crippen molar-refractivity contribution in [1.29, 1.82) is 0 Å². The molecule has 0 radical (unpaired) electrons. The average molecular weight is 402 g/mol. The van der Waals surface area contributed by atoms with Crippen molar-refractivity contribution in [2.75, 3.05) is 0 Å². The van der Waals surface area contributed by atoms with Gasteiger partial charge in [-0.15, -0.1) is 0 Å². The van der Waals surface area contributed by atoms with E-state index < -0.39 is 0 Å². The minimum absolute atomic E-state index is 0. The zero-order chi connectivity index (χ0) is 20.3. The fraction of sp³-hybridized carbons (Fsp3) is 0.0455. The van der Waals surface area contributed by atoms with Crippen LogP contribution in [0.15, 0.2) is 103 Å². The van der Waals surface area contributed by atoms with Crippen LogP contribution >= 0.6 is 0 Å². The first kappa shape index (κ1) is 22.3. The summed E-state index contributed by atoms with van der Waals surface area (Å²) in [4.78, 5) is 16.6. The quantitative estimate of drug-likeness (QED) is 0.305. The minimum Gasteiger partial charge on any atom is -0.412 e. The van der Waals surface area contributed by atoms with Crippen LogP contribution in [0.25, 0.3) is 0 Å². The lowest BCUT2D eigenvalue weighted by Crippen LogP contribution is -2.14. The third-order valence-electron chi connectivity index (χ3n) is 3.93. The monoisotopic (exact) mass is 402 g/mol. The van der Waals surface area contributed by atoms with Gasteiger partial charge in [0.15, 0.2) is 5.71 Å². The van der Waals surface area contributed by atoms with E-state index in [0.717, 1.165) is 11.4 Å². The summed E-state index contributed by atoms with van der Waals surface area (Å²) in [6, 6.07) is 21.9. The molecule has 0 aliphatic rings. The van der Waals surface area contributed by atoms with Gasteiger partial charge in [-0.3, -0.25) is 19.9 Å². The van der Waals surface area contributed by atoms with Gasteiger partial charge in [-0.2, -0.15) is 0 Å². The first-order valence-corrected chi connectivity index (χ1v) is 8.92. The van der Waals surface area contributed by atoms with Gasteiger partial charge in [0, 0.05) is 24.8 Å². The van der Waals surface area contributed by atoms with Gasteiger partial charge in [-0.05, 0) is 48.5 Å². The molecule has 4 heterocycles. The summed E-state index contributed by atoms with van der Waals surface area (Å²) in [5.74, 6) is 0. The molecule has 4 rings (SSSR count). The maximum Gasteiger partial charge on any atom is 0.153 e. The molecule has 0 unspecified atom stereocenters. The fourth-order valence-corrected chi connectivity index (χ4v) is 2.51. The highest BCUT2D eigenvalue weighted by molar-refractivity contribution is 6.09. The summed E-state index contributed by atoms with van der Waals surface area (Å²) in [7, 11) is 0. The lowest BCUT2D eigenvalue weighted by Gasteiger charge is -2.09. The molecule has 0 bridgehead atoms. The topological polar surface area (TPSA) is 142 Å². The van der Waals surface area contributed by atoms with Crippen molar-refractivity contribution in [3.8, 4) is 0 Å². The Kier molecular flexibility index (Phi) is 8.72. The summed E-state index contributed by atoms with van der Waals surface area (Å²) >= 11 is 0. The largest absolute Gasteiger partial charge is 0.412 e. The smallest absolute Gasteiger partial charge is 0.153 e. The molecule has 0 aliphatic carbocycles. The van der Waals surface area contributed by atoms with Gasteiger partial charge in [-0.25, -0.2) is 0 Å². The zero-order valence-electron chi connectivity index (χ0n) is 16.1. The third kappa shape index (κ3) is 5.99. The highest BCUT2D eigenvalue weighted by Crippen LogP contribution is 2.13. The second-order valence-electron chi connectivity index (χ2n) is 5.87. The number of rotatable bonds is 4. The van der Waals surface area contributed by atoms with E-state index in [0.29, 0.717) is 17.1 Å². The minimum atomic E-state index is -0.239. The normalized spacial score (nSPS) is 9.67. The summed E-state index contributed by atoms with van der Waals surface area (Å²) in [6.07, 6.45) is 6.75. The Morgan fingerprint density at radius 3 is 1.37 bits per heavy atom. The van der Waals surface area contributed by atoms with E-state index in [4.69, 9.17) is 10.9 Å². The van der Waals surface area contributed by atoms with E-state index in [1.54, 1.807) is 49.1 Å². The van der Waals surface area contributed by atoms with Crippen molar-refractivity contribution >= 4 is 5.71 Å². The van der Waals surface area contributed by atoms with E-state index in [9.17, 15) is 0 Å². The van der Waals surface area contributed by atoms with E-state index in [-0.39, 0.29) is 11.5 Å². The average Bonchev–Trinajstić information content (AvgIpc) is 2.82. The number of nitrogens with zero attached hydrogens (tertiary/aromatic N) is 5. The highest BCUT2D eigenvalue weighted by Gasteiger charge is 2.10. The van der Waals surface area contributed by atoms with Crippen LogP contribution in [0.2, 0.25) is 0 Å². The van der Waals surface area contributed by atoms with Crippen molar-refractivity contribution in [3.05, 3.63) is 120 Å². The van der Waals surface area contributed by atoms with Crippen molar-refractivity contribution in [2.24, 2.45) is 10.9 Å². The van der Waals surface area contributed by atoms with E-state index in [2.05, 4.69) is 25.1 Å². The predicted octanol–water partition coefficient (Wildman–Crippen LogP) is 2.40. The molecule has 0 amide bonds. The van der Waals surface area contributed by atoms with E-state index in [1.165, 1.54) is 0 Å². The van der Waals surface area contributed by atoms with Crippen molar-refractivity contribution in [1.82, 2.24) is 19.9 Å². The second kappa shape index (κ2) is 11.7. The van der Waals surface area contributed by atoms with Gasteiger partial charge in [0.1, 0.15) is 0 Å². The predicted molar refractivity (Wildman–Crippen MR) is 114 cm³/mol. The lowest BCUT2D eigenvalue weighted by molar-refractivity contribution is 0.319. The van der Waals surface area contributed by atoms with Crippen LogP contribution < -0.4 is 5.73 Å². The molecule has 0 aromatic carbocycles. The molecule has 5 N–H and O–H groups in total. The molecule has 30 heavy (non-hydrogen) atoms. The van der Waals surface area contributed by atoms with Crippen LogP contribution in [0.4, 0.5) is 0 Å². The summed E-state index contributed by atoms with van der Waals surface area (Å²) in [6.45, 7) is 0. The Labute approximate surface area is 174 Å². The molecule has 0 saturated carbocycles. The summed E-state index contributed by atoms with van der Waals surface area (Å²) < 4.78 is 0. The first-order valence-electron chi connectivity index (χ1n) is 8.92. The van der Waals surface area contributed by atoms with E-state index >= 15 is 0 Å². The molecular weight excluding hydrogens is 380 g/mol. The highest BCUT2D eigenvalue weighted by atomic mass is 16.4. The zero-order valence-corrected chi connectivity index (χ0v) is 16.1. The first-order chi connectivity index (χ1) is 14.3. The Bertz CT molecular complexity index is 935. The van der Waals surface area contributed by atoms with Gasteiger partial charge in [0.05, 0.1) is 28.8 Å². The number of hydrogen-bond acceptors (Lipinski definition) is 7. The number of aromatic nitrogens is 4. The van der Waals surface area contributed by atoms with Crippen LogP contribution in [-0.4, -0.2) is 36.3 Å². The fourth-order valence-electron chi connectivity index (χ4n) is 2.51. The van der Waals surface area contributed by atoms with Gasteiger partial charge in [0.2, 0.25) is 0 Å². The number of hydrogen-bond donors (Lipinski definition) is 2. The molecule has 8 heteroatoms. The maximum absolute atomic E-state index is 8.94. The van der Waals surface area contributed by atoms with Crippen LogP contribution in [0, 0.1) is 0 Å². The molecule has 0 saturated heterocycles. The summed E-state index contributed by atoms with van der Waals surface area (Å²) in [5, 5.41) is 12.2. The molecule has 0 aliphatic heterocycles. The SMILES string of the molecule is NC(c1ccccn1)c1ccccn1.O.ON=C(c1ccccn1)c1ccccn1. The molecule has 4 aromatic rings. The van der Waals surface area contributed by atoms with Gasteiger partial charge in [-0.1, -0.05) is 29.4 Å². The second-order valence-corrected chi connectivity index (χ2v) is 5.87. The van der Waals surface area contributed by atoms with Crippen LogP contribution in [-0.2, 0) is 0 Å². The Morgan fingerprint density at radius 1 is 0.667 bits per heavy atom. The van der Waals surface area contributed by atoms with Crippen LogP contribution in [0.1, 0.15) is 28.8 Å². The molecule has 0 fully saturated rings. The number of oxime groups is 1. The maximum atomic E-state index is 8.94. The molecule has 4 aromatic heterocycles. The molecule has 152 valence electrons. The van der Waals surface area contributed by atoms with Crippen LogP contribution in [0.5, 0.6) is 0 Å². The Morgan fingerprint density at radius 2 is 1.07 bits per heavy atom. The van der Waals surface area contributed by atoms with Gasteiger partial charge in [0.25, 0.3) is 0 Å². The third-order valence-corrected chi connectivity index (χ3v) is 3.93. The Hall–Kier alpha value is -4.01. The van der Waals surface area contributed by atoms with E-state index in [1.807, 2.05) is 48.5 Å².